The van der Waals surface area contributed by atoms with Crippen LogP contribution in [0.15, 0.2) is 24.3 Å². The normalized spacial score (nSPS) is 15.8. The Morgan fingerprint density at radius 2 is 2.14 bits per heavy atom. The zero-order valence-corrected chi connectivity index (χ0v) is 17.7. The molecule has 2 amide bonds. The van der Waals surface area contributed by atoms with E-state index in [0.717, 1.165) is 35.3 Å². The van der Waals surface area contributed by atoms with Crippen molar-refractivity contribution in [3.63, 3.8) is 0 Å². The zero-order chi connectivity index (χ0) is 21.0. The number of nitrogens with two attached hydrogens (primary N) is 1. The van der Waals surface area contributed by atoms with E-state index in [0.29, 0.717) is 34.6 Å². The van der Waals surface area contributed by atoms with E-state index in [1.54, 1.807) is 25.3 Å². The number of nitrogens with one attached hydrogen (secondary N) is 1. The molecule has 1 unspecified atom stereocenters. The number of hydrogen-bond donors (Lipinski definition) is 2. The molecule has 1 aliphatic rings. The lowest BCUT2D eigenvalue weighted by Gasteiger charge is -2.18. The Labute approximate surface area is 174 Å². The molecular formula is C22H26N2O4S. The van der Waals surface area contributed by atoms with Crippen molar-refractivity contribution in [3.05, 3.63) is 45.8 Å². The number of carbonyl (C=O) groups is 2. The fraction of sp³-hybridized carbons (Fsp3) is 0.364. The Bertz CT molecular complexity index is 949. The van der Waals surface area contributed by atoms with Crippen LogP contribution in [0.5, 0.6) is 11.5 Å². The number of ether oxygens (including phenoxy) is 2. The lowest BCUT2D eigenvalue weighted by atomic mass is 9.88. The number of hydrogen-bond acceptors (Lipinski definition) is 5. The van der Waals surface area contributed by atoms with Crippen LogP contribution in [0.25, 0.3) is 6.08 Å². The second-order valence-electron chi connectivity index (χ2n) is 7.09. The maximum atomic E-state index is 12.5. The van der Waals surface area contributed by atoms with Gasteiger partial charge in [-0.05, 0) is 61.4 Å². The summed E-state index contributed by atoms with van der Waals surface area (Å²) < 4.78 is 10.8. The first-order chi connectivity index (χ1) is 13.9. The lowest BCUT2D eigenvalue weighted by molar-refractivity contribution is -0.111. The number of carbonyl (C=O) groups excluding carboxylic acids is 2. The summed E-state index contributed by atoms with van der Waals surface area (Å²) in [5.74, 6) is 1.02. The van der Waals surface area contributed by atoms with E-state index in [1.165, 1.54) is 17.4 Å². The van der Waals surface area contributed by atoms with E-state index in [1.807, 2.05) is 13.0 Å². The second-order valence-corrected chi connectivity index (χ2v) is 8.19. The fourth-order valence-electron chi connectivity index (χ4n) is 3.49. The Morgan fingerprint density at radius 1 is 1.34 bits per heavy atom. The van der Waals surface area contributed by atoms with Crippen LogP contribution in [-0.4, -0.2) is 25.5 Å². The molecule has 7 heteroatoms. The molecule has 0 spiro atoms. The Hall–Kier alpha value is -2.80. The van der Waals surface area contributed by atoms with Crippen LogP contribution in [0.1, 0.15) is 46.6 Å². The Kier molecular flexibility index (Phi) is 6.59. The van der Waals surface area contributed by atoms with Crippen LogP contribution >= 0.6 is 11.3 Å². The highest BCUT2D eigenvalue weighted by molar-refractivity contribution is 7.17. The molecule has 0 saturated carbocycles. The first-order valence-corrected chi connectivity index (χ1v) is 10.5. The number of benzene rings is 1. The number of anilines is 1. The molecule has 1 heterocycles. The van der Waals surface area contributed by atoms with E-state index in [9.17, 15) is 9.59 Å². The summed E-state index contributed by atoms with van der Waals surface area (Å²) >= 11 is 1.45. The van der Waals surface area contributed by atoms with Crippen molar-refractivity contribution in [3.8, 4) is 11.5 Å². The average molecular weight is 415 g/mol. The van der Waals surface area contributed by atoms with Gasteiger partial charge in [0.1, 0.15) is 5.00 Å². The van der Waals surface area contributed by atoms with Gasteiger partial charge >= 0.3 is 0 Å². The van der Waals surface area contributed by atoms with Gasteiger partial charge in [0.2, 0.25) is 5.91 Å². The van der Waals surface area contributed by atoms with Crippen molar-refractivity contribution in [2.75, 3.05) is 19.0 Å². The molecule has 6 nitrogen and oxygen atoms in total. The van der Waals surface area contributed by atoms with Gasteiger partial charge in [-0.1, -0.05) is 13.0 Å². The second kappa shape index (κ2) is 9.13. The molecule has 0 fully saturated rings. The van der Waals surface area contributed by atoms with E-state index >= 15 is 0 Å². The average Bonchev–Trinajstić information content (AvgIpc) is 3.04. The number of fused-ring (bicyclic) bond motifs is 1. The first-order valence-electron chi connectivity index (χ1n) is 9.67. The molecule has 0 saturated heterocycles. The van der Waals surface area contributed by atoms with Gasteiger partial charge in [0.15, 0.2) is 11.5 Å². The molecule has 3 N–H and O–H groups in total. The van der Waals surface area contributed by atoms with E-state index < -0.39 is 5.91 Å². The molecule has 0 bridgehead atoms. The molecule has 1 aromatic carbocycles. The van der Waals surface area contributed by atoms with Crippen molar-refractivity contribution in [1.29, 1.82) is 0 Å². The molecule has 1 aromatic heterocycles. The summed E-state index contributed by atoms with van der Waals surface area (Å²) in [5.41, 5.74) is 7.86. The summed E-state index contributed by atoms with van der Waals surface area (Å²) in [7, 11) is 1.57. The largest absolute Gasteiger partial charge is 0.493 e. The molecule has 154 valence electrons. The van der Waals surface area contributed by atoms with Crippen LogP contribution < -0.4 is 20.5 Å². The molecule has 0 aliphatic heterocycles. The smallest absolute Gasteiger partial charge is 0.251 e. The minimum atomic E-state index is -0.493. The first kappa shape index (κ1) is 20.9. The van der Waals surface area contributed by atoms with Crippen molar-refractivity contribution in [2.24, 2.45) is 11.7 Å². The third-order valence-corrected chi connectivity index (χ3v) is 6.08. The van der Waals surface area contributed by atoms with Gasteiger partial charge in [-0.3, -0.25) is 9.59 Å². The monoisotopic (exact) mass is 414 g/mol. The van der Waals surface area contributed by atoms with Crippen LogP contribution in [0.3, 0.4) is 0 Å². The van der Waals surface area contributed by atoms with Crippen molar-refractivity contribution in [1.82, 2.24) is 0 Å². The van der Waals surface area contributed by atoms with Gasteiger partial charge in [-0.2, -0.15) is 0 Å². The third-order valence-electron chi connectivity index (χ3n) is 4.91. The summed E-state index contributed by atoms with van der Waals surface area (Å²) in [5, 5.41) is 3.37. The van der Waals surface area contributed by atoms with Crippen LogP contribution in [0.2, 0.25) is 0 Å². The minimum Gasteiger partial charge on any atom is -0.493 e. The number of amides is 2. The molecule has 29 heavy (non-hydrogen) atoms. The van der Waals surface area contributed by atoms with Crippen molar-refractivity contribution >= 4 is 34.2 Å². The maximum Gasteiger partial charge on any atom is 0.251 e. The van der Waals surface area contributed by atoms with Gasteiger partial charge < -0.3 is 20.5 Å². The summed E-state index contributed by atoms with van der Waals surface area (Å²) in [4.78, 5) is 25.6. The molecular weight excluding hydrogens is 388 g/mol. The molecule has 1 atom stereocenters. The molecule has 3 rings (SSSR count). The number of methoxy groups -OCH3 is 1. The fourth-order valence-corrected chi connectivity index (χ4v) is 4.91. The van der Waals surface area contributed by atoms with Crippen LogP contribution in [0, 0.1) is 5.92 Å². The standard InChI is InChI=1S/C22H26N2O4S/c1-4-28-16-9-6-14(12-17(16)27-3)7-10-19(25)24-22-20(21(23)26)15-8-5-13(2)11-18(15)29-22/h6-7,9-10,12-13H,4-5,8,11H2,1-3H3,(H2,23,26)(H,24,25)/b10-7+. The van der Waals surface area contributed by atoms with Crippen LogP contribution in [0.4, 0.5) is 5.00 Å². The Balaban J connectivity index is 1.77. The summed E-state index contributed by atoms with van der Waals surface area (Å²) in [6.45, 7) is 4.64. The van der Waals surface area contributed by atoms with Gasteiger partial charge in [-0.15, -0.1) is 11.3 Å². The van der Waals surface area contributed by atoms with Crippen molar-refractivity contribution in [2.45, 2.75) is 33.1 Å². The summed E-state index contributed by atoms with van der Waals surface area (Å²) in [6, 6.07) is 5.45. The number of thiophene rings is 1. The van der Waals surface area contributed by atoms with E-state index in [2.05, 4.69) is 12.2 Å². The zero-order valence-electron chi connectivity index (χ0n) is 16.9. The Morgan fingerprint density at radius 3 is 2.83 bits per heavy atom. The predicted molar refractivity (Wildman–Crippen MR) is 116 cm³/mol. The highest BCUT2D eigenvalue weighted by atomic mass is 32.1. The highest BCUT2D eigenvalue weighted by Gasteiger charge is 2.26. The number of rotatable bonds is 7. The SMILES string of the molecule is CCOc1ccc(/C=C/C(=O)Nc2sc3c(c2C(N)=O)CCC(C)C3)cc1OC. The quantitative estimate of drug-likeness (QED) is 0.669. The van der Waals surface area contributed by atoms with Gasteiger partial charge in [-0.25, -0.2) is 0 Å². The van der Waals surface area contributed by atoms with Gasteiger partial charge in [0.05, 0.1) is 19.3 Å². The molecule has 0 radical (unpaired) electrons. The predicted octanol–water partition coefficient (Wildman–Crippen LogP) is 4.03. The van der Waals surface area contributed by atoms with Gasteiger partial charge in [0, 0.05) is 11.0 Å². The van der Waals surface area contributed by atoms with E-state index in [4.69, 9.17) is 15.2 Å². The summed E-state index contributed by atoms with van der Waals surface area (Å²) in [6.07, 6.45) is 5.88. The van der Waals surface area contributed by atoms with Crippen LogP contribution in [-0.2, 0) is 17.6 Å². The molecule has 2 aromatic rings. The lowest BCUT2D eigenvalue weighted by Crippen LogP contribution is -2.18. The highest BCUT2D eigenvalue weighted by Crippen LogP contribution is 2.39. The number of primary amides is 1. The topological polar surface area (TPSA) is 90.6 Å². The van der Waals surface area contributed by atoms with Crippen molar-refractivity contribution < 1.29 is 19.1 Å². The van der Waals surface area contributed by atoms with E-state index in [-0.39, 0.29) is 5.91 Å². The minimum absolute atomic E-state index is 0.313. The maximum absolute atomic E-state index is 12.5. The molecule has 1 aliphatic carbocycles. The van der Waals surface area contributed by atoms with Gasteiger partial charge in [0.25, 0.3) is 5.91 Å². The third kappa shape index (κ3) is 4.79.